The third-order valence-electron chi connectivity index (χ3n) is 7.83. The van der Waals surface area contributed by atoms with E-state index in [9.17, 15) is 18.5 Å². The van der Waals surface area contributed by atoms with Crippen LogP contribution in [0.4, 0.5) is 0 Å². The number of aryl methyl sites for hydroxylation is 1. The van der Waals surface area contributed by atoms with Crippen LogP contribution in [0, 0.1) is 16.7 Å². The highest BCUT2D eigenvalue weighted by Gasteiger charge is 2.35. The molecule has 0 spiro atoms. The number of aromatic nitrogens is 1. The first-order valence-corrected chi connectivity index (χ1v) is 16.5. The van der Waals surface area contributed by atoms with Crippen LogP contribution in [0.5, 0.6) is 0 Å². The Kier molecular flexibility index (Phi) is 7.99. The van der Waals surface area contributed by atoms with Gasteiger partial charge in [-0.1, -0.05) is 27.5 Å². The normalized spacial score (nSPS) is 18.7. The summed E-state index contributed by atoms with van der Waals surface area (Å²) in [5, 5.41) is 10.5. The summed E-state index contributed by atoms with van der Waals surface area (Å²) in [5.41, 5.74) is 4.97. The maximum Gasteiger partial charge on any atom is 0.235 e. The monoisotopic (exact) mass is 692 g/mol. The van der Waals surface area contributed by atoms with Crippen molar-refractivity contribution in [1.82, 2.24) is 14.2 Å². The van der Waals surface area contributed by atoms with Crippen LogP contribution in [0.15, 0.2) is 51.8 Å². The molecular formula is C28H27Br2ClN4O3S. The van der Waals surface area contributed by atoms with E-state index in [4.69, 9.17) is 16.6 Å². The third-order valence-corrected chi connectivity index (χ3v) is 10.4. The van der Waals surface area contributed by atoms with Gasteiger partial charge in [-0.3, -0.25) is 14.1 Å². The maximum absolute atomic E-state index is 13.2. The van der Waals surface area contributed by atoms with Gasteiger partial charge >= 0.3 is 0 Å². The quantitative estimate of drug-likeness (QED) is 0.400. The number of amides is 1. The average Bonchev–Trinajstić information content (AvgIpc) is 3.08. The number of nitrogens with zero attached hydrogens (tertiary/aromatic N) is 4. The molecule has 2 aliphatic heterocycles. The largest absolute Gasteiger partial charge is 0.343 e. The van der Waals surface area contributed by atoms with Crippen LogP contribution in [-0.4, -0.2) is 47.9 Å². The molecule has 0 atom stereocenters. The highest BCUT2D eigenvalue weighted by molar-refractivity contribution is 9.10. The van der Waals surface area contributed by atoms with Crippen molar-refractivity contribution in [3.8, 4) is 6.07 Å². The molecule has 0 bridgehead atoms. The predicted octanol–water partition coefficient (Wildman–Crippen LogP) is 5.86. The van der Waals surface area contributed by atoms with Gasteiger partial charge in [0.1, 0.15) is 5.41 Å². The van der Waals surface area contributed by atoms with E-state index >= 15 is 0 Å². The number of piperidine rings is 1. The van der Waals surface area contributed by atoms with E-state index in [1.54, 1.807) is 0 Å². The molecule has 0 radical (unpaired) electrons. The zero-order valence-corrected chi connectivity index (χ0v) is 26.1. The van der Waals surface area contributed by atoms with Crippen molar-refractivity contribution in [2.24, 2.45) is 5.41 Å². The minimum Gasteiger partial charge on any atom is -0.343 e. The van der Waals surface area contributed by atoms with Gasteiger partial charge in [0.15, 0.2) is 0 Å². The van der Waals surface area contributed by atoms with Gasteiger partial charge in [-0.2, -0.15) is 5.26 Å². The summed E-state index contributed by atoms with van der Waals surface area (Å²) in [6.45, 7) is 1.19. The first kappa shape index (κ1) is 28.3. The molecule has 7 nitrogen and oxygen atoms in total. The number of carbonyl (C=O) groups is 1. The molecule has 1 aliphatic carbocycles. The number of pyridine rings is 1. The number of fused-ring (bicyclic) bond motifs is 2. The van der Waals surface area contributed by atoms with Crippen molar-refractivity contribution in [2.45, 2.75) is 44.4 Å². The van der Waals surface area contributed by atoms with Gasteiger partial charge in [0.25, 0.3) is 0 Å². The minimum absolute atomic E-state index is 0.0250. The molecule has 204 valence electrons. The van der Waals surface area contributed by atoms with Crippen molar-refractivity contribution in [1.29, 1.82) is 5.26 Å². The number of nitriles is 1. The van der Waals surface area contributed by atoms with Gasteiger partial charge in [-0.05, 0) is 94.1 Å². The Morgan fingerprint density at radius 1 is 1.15 bits per heavy atom. The Morgan fingerprint density at radius 3 is 2.49 bits per heavy atom. The number of hydrogen-bond donors (Lipinski definition) is 0. The van der Waals surface area contributed by atoms with Gasteiger partial charge in [-0.15, -0.1) is 0 Å². The molecule has 0 unspecified atom stereocenters. The van der Waals surface area contributed by atoms with E-state index < -0.39 is 15.4 Å². The Morgan fingerprint density at radius 2 is 1.85 bits per heavy atom. The van der Waals surface area contributed by atoms with Crippen molar-refractivity contribution < 1.29 is 13.2 Å². The lowest BCUT2D eigenvalue weighted by Crippen LogP contribution is -2.40. The average molecular weight is 695 g/mol. The second kappa shape index (κ2) is 11.0. The van der Waals surface area contributed by atoms with E-state index in [1.807, 2.05) is 17.2 Å². The van der Waals surface area contributed by atoms with E-state index in [2.05, 4.69) is 44.0 Å². The zero-order chi connectivity index (χ0) is 27.9. The van der Waals surface area contributed by atoms with Gasteiger partial charge < -0.3 is 4.90 Å². The Labute approximate surface area is 250 Å². The number of carbonyl (C=O) groups excluding carboxylic acids is 1. The summed E-state index contributed by atoms with van der Waals surface area (Å²) < 4.78 is 26.6. The van der Waals surface area contributed by atoms with Crippen LogP contribution >= 0.6 is 43.5 Å². The number of benzene rings is 1. The lowest BCUT2D eigenvalue weighted by molar-refractivity contribution is -0.133. The molecule has 1 fully saturated rings. The number of halogens is 3. The third kappa shape index (κ3) is 5.83. The smallest absolute Gasteiger partial charge is 0.235 e. The number of likely N-dealkylation sites (tertiary alicyclic amines) is 1. The van der Waals surface area contributed by atoms with Crippen molar-refractivity contribution in [3.05, 3.63) is 84.8 Å². The molecule has 11 heteroatoms. The highest BCUT2D eigenvalue weighted by Crippen LogP contribution is 2.40. The Balaban J connectivity index is 1.29. The van der Waals surface area contributed by atoms with Crippen molar-refractivity contribution >= 4 is 59.4 Å². The SMILES string of the molecule is CS(=O)(=O)N1C=CC(C#N)(CC(=O)N2CCC(c3c(Br)cnc4c3CCc3cc(Cl)cc(Br)c3C4)CC2)C=C1. The van der Waals surface area contributed by atoms with E-state index in [-0.39, 0.29) is 18.2 Å². The summed E-state index contributed by atoms with van der Waals surface area (Å²) in [6, 6.07) is 6.18. The Bertz CT molecular complexity index is 1530. The van der Waals surface area contributed by atoms with Gasteiger partial charge in [0, 0.05) is 57.8 Å². The number of allylic oxidation sites excluding steroid dienone is 2. The lowest BCUT2D eigenvalue weighted by atomic mass is 9.82. The van der Waals surface area contributed by atoms with E-state index in [0.29, 0.717) is 13.1 Å². The van der Waals surface area contributed by atoms with Gasteiger partial charge in [0.2, 0.25) is 15.9 Å². The van der Waals surface area contributed by atoms with Gasteiger partial charge in [0.05, 0.1) is 18.7 Å². The first-order valence-electron chi connectivity index (χ1n) is 12.7. The second-order valence-electron chi connectivity index (χ2n) is 10.4. The molecule has 1 aromatic heterocycles. The summed E-state index contributed by atoms with van der Waals surface area (Å²) in [7, 11) is -3.46. The fourth-order valence-electron chi connectivity index (χ4n) is 5.71. The molecule has 3 heterocycles. The minimum atomic E-state index is -3.46. The van der Waals surface area contributed by atoms with E-state index in [1.165, 1.54) is 46.8 Å². The zero-order valence-electron chi connectivity index (χ0n) is 21.3. The summed E-state index contributed by atoms with van der Waals surface area (Å²) >= 11 is 13.8. The molecule has 3 aliphatic rings. The fourth-order valence-corrected chi connectivity index (χ4v) is 7.95. The first-order chi connectivity index (χ1) is 18.5. The topological polar surface area (TPSA) is 94.4 Å². The van der Waals surface area contributed by atoms with Crippen LogP contribution in [0.1, 0.15) is 53.1 Å². The van der Waals surface area contributed by atoms with Crippen molar-refractivity contribution in [3.63, 3.8) is 0 Å². The maximum atomic E-state index is 13.2. The van der Waals surface area contributed by atoms with Crippen LogP contribution in [0.3, 0.4) is 0 Å². The Hall–Kier alpha value is -2.19. The summed E-state index contributed by atoms with van der Waals surface area (Å²) in [4.78, 5) is 19.8. The fraction of sp³-hybridized carbons (Fsp3) is 0.393. The molecule has 0 saturated carbocycles. The molecule has 39 heavy (non-hydrogen) atoms. The standard InChI is InChI=1S/C28H27Br2ClN4O3S/c1-39(37,38)35-10-6-28(17-32,7-11-35)15-26(36)34-8-4-18(5-9-34)27-21-3-2-19-12-20(31)13-23(29)22(19)14-25(21)33-16-24(27)30/h6-7,10-13,16,18H,2-5,8-9,14-15H2,1H3. The molecule has 2 aromatic rings. The van der Waals surface area contributed by atoms with Crippen LogP contribution < -0.4 is 0 Å². The lowest BCUT2D eigenvalue weighted by Gasteiger charge is -2.35. The van der Waals surface area contributed by atoms with Crippen LogP contribution in [-0.2, 0) is 34.1 Å². The second-order valence-corrected chi connectivity index (χ2v) is 14.4. The van der Waals surface area contributed by atoms with Crippen LogP contribution in [0.2, 0.25) is 5.02 Å². The molecule has 1 saturated heterocycles. The molecule has 0 N–H and O–H groups in total. The number of rotatable bonds is 4. The van der Waals surface area contributed by atoms with E-state index in [0.717, 1.165) is 62.3 Å². The highest BCUT2D eigenvalue weighted by atomic mass is 79.9. The summed E-state index contributed by atoms with van der Waals surface area (Å²) in [6.07, 6.45) is 12.8. The summed E-state index contributed by atoms with van der Waals surface area (Å²) in [5.74, 6) is 0.179. The number of sulfonamides is 1. The predicted molar refractivity (Wildman–Crippen MR) is 157 cm³/mol. The van der Waals surface area contributed by atoms with Gasteiger partial charge in [-0.25, -0.2) is 8.42 Å². The van der Waals surface area contributed by atoms with Crippen LogP contribution in [0.25, 0.3) is 0 Å². The molecular weight excluding hydrogens is 668 g/mol. The molecule has 1 amide bonds. The molecule has 1 aromatic carbocycles. The molecule has 5 rings (SSSR count). The van der Waals surface area contributed by atoms with Crippen molar-refractivity contribution in [2.75, 3.05) is 19.3 Å². The number of hydrogen-bond acceptors (Lipinski definition) is 5.